The van der Waals surface area contributed by atoms with Crippen LogP contribution in [0.4, 0.5) is 0 Å². The molecule has 0 unspecified atom stereocenters. The number of hydrogen-bond acceptors (Lipinski definition) is 5. The van der Waals surface area contributed by atoms with Gasteiger partial charge in [0.15, 0.2) is 0 Å². The Labute approximate surface area is 161 Å². The molecule has 2 aliphatic carbocycles. The van der Waals surface area contributed by atoms with Crippen molar-refractivity contribution in [3.63, 3.8) is 0 Å². The van der Waals surface area contributed by atoms with Crippen LogP contribution in [-0.4, -0.2) is 33.7 Å². The Kier molecular flexibility index (Phi) is 5.16. The second kappa shape index (κ2) is 7.55. The van der Waals surface area contributed by atoms with Crippen molar-refractivity contribution in [1.82, 2.24) is 15.0 Å². The van der Waals surface area contributed by atoms with Crippen molar-refractivity contribution >= 4 is 32.9 Å². The molecule has 1 heterocycles. The van der Waals surface area contributed by atoms with E-state index >= 15 is 0 Å². The molecule has 0 radical (unpaired) electrons. The first kappa shape index (κ1) is 17.8. The fraction of sp³-hybridized carbons (Fsp3) is 0.632. The van der Waals surface area contributed by atoms with Gasteiger partial charge in [-0.2, -0.15) is 0 Å². The van der Waals surface area contributed by atoms with Crippen LogP contribution < -0.4 is 4.74 Å². The topological polar surface area (TPSA) is 66.2 Å². The Balaban J connectivity index is 1.41. The van der Waals surface area contributed by atoms with Gasteiger partial charge < -0.3 is 9.47 Å². The predicted octanol–water partition coefficient (Wildman–Crippen LogP) is 4.10. The van der Waals surface area contributed by atoms with Crippen molar-refractivity contribution in [1.29, 1.82) is 0 Å². The van der Waals surface area contributed by atoms with Gasteiger partial charge in [0.25, 0.3) is 0 Å². The predicted molar refractivity (Wildman–Crippen MR) is 101 cm³/mol. The molecule has 2 saturated carbocycles. The summed E-state index contributed by atoms with van der Waals surface area (Å²) in [6.45, 7) is 3.24. The van der Waals surface area contributed by atoms with Crippen LogP contribution in [0.25, 0.3) is 11.0 Å². The maximum absolute atomic E-state index is 11.9. The first-order valence-electron chi connectivity index (χ1n) is 9.50. The summed E-state index contributed by atoms with van der Waals surface area (Å²) in [5.74, 6) is 1.50. The number of esters is 1. The summed E-state index contributed by atoms with van der Waals surface area (Å²) in [7, 11) is 0. The zero-order valence-corrected chi connectivity index (χ0v) is 16.6. The number of hydrogen-bond donors (Lipinski definition) is 0. The molecule has 7 heteroatoms. The van der Waals surface area contributed by atoms with Gasteiger partial charge in [-0.1, -0.05) is 5.21 Å². The Hall–Kier alpha value is -1.63. The number of carbonyl (C=O) groups excluding carboxylic acids is 1. The summed E-state index contributed by atoms with van der Waals surface area (Å²) in [4.78, 5) is 11.9. The third-order valence-electron chi connectivity index (χ3n) is 5.31. The van der Waals surface area contributed by atoms with Gasteiger partial charge in [-0.3, -0.25) is 4.79 Å². The van der Waals surface area contributed by atoms with Crippen molar-refractivity contribution in [2.75, 3.05) is 6.61 Å². The third-order valence-corrected chi connectivity index (χ3v) is 6.07. The minimum absolute atomic E-state index is 0.0167. The van der Waals surface area contributed by atoms with Crippen molar-refractivity contribution < 1.29 is 14.3 Å². The molecule has 0 aliphatic heterocycles. The van der Waals surface area contributed by atoms with Crippen LogP contribution in [0.3, 0.4) is 0 Å². The number of carbonyl (C=O) groups is 1. The van der Waals surface area contributed by atoms with Crippen LogP contribution in [0, 0.1) is 11.8 Å². The van der Waals surface area contributed by atoms with E-state index in [1.807, 2.05) is 23.7 Å². The fourth-order valence-corrected chi connectivity index (χ4v) is 4.12. The Morgan fingerprint density at radius 2 is 2.00 bits per heavy atom. The lowest BCUT2D eigenvalue weighted by Gasteiger charge is -2.28. The van der Waals surface area contributed by atoms with Gasteiger partial charge in [0.1, 0.15) is 11.3 Å². The summed E-state index contributed by atoms with van der Waals surface area (Å²) >= 11 is 3.64. The molecule has 1 aromatic carbocycles. The maximum atomic E-state index is 11.9. The second-order valence-corrected chi connectivity index (χ2v) is 8.10. The van der Waals surface area contributed by atoms with Crippen LogP contribution in [0.2, 0.25) is 0 Å². The first-order chi connectivity index (χ1) is 12.7. The van der Waals surface area contributed by atoms with Gasteiger partial charge in [0, 0.05) is 6.54 Å². The van der Waals surface area contributed by atoms with Crippen LogP contribution >= 0.6 is 15.9 Å². The molecule has 2 fully saturated rings. The molecule has 0 atom stereocenters. The Morgan fingerprint density at radius 3 is 2.69 bits per heavy atom. The van der Waals surface area contributed by atoms with Crippen LogP contribution in [0.1, 0.15) is 45.4 Å². The van der Waals surface area contributed by atoms with Crippen molar-refractivity contribution in [2.24, 2.45) is 11.8 Å². The number of ether oxygens (including phenoxy) is 2. The van der Waals surface area contributed by atoms with Gasteiger partial charge in [0.05, 0.1) is 28.6 Å². The largest absolute Gasteiger partial charge is 0.489 e. The van der Waals surface area contributed by atoms with Crippen molar-refractivity contribution in [3.05, 3.63) is 16.6 Å². The van der Waals surface area contributed by atoms with E-state index in [4.69, 9.17) is 9.47 Å². The molecule has 2 aromatic rings. The van der Waals surface area contributed by atoms with E-state index in [1.54, 1.807) is 0 Å². The zero-order valence-electron chi connectivity index (χ0n) is 15.0. The summed E-state index contributed by atoms with van der Waals surface area (Å²) in [6.07, 6.45) is 6.07. The molecule has 26 heavy (non-hydrogen) atoms. The fourth-order valence-electron chi connectivity index (χ4n) is 3.61. The molecule has 0 amide bonds. The lowest BCUT2D eigenvalue weighted by atomic mass is 9.87. The number of benzene rings is 1. The molecular weight excluding hydrogens is 398 g/mol. The summed E-state index contributed by atoms with van der Waals surface area (Å²) < 4.78 is 14.2. The normalized spacial score (nSPS) is 23.2. The van der Waals surface area contributed by atoms with E-state index in [1.165, 1.54) is 12.8 Å². The van der Waals surface area contributed by atoms with Crippen LogP contribution in [0.5, 0.6) is 5.75 Å². The van der Waals surface area contributed by atoms with Gasteiger partial charge in [0.2, 0.25) is 0 Å². The first-order valence-corrected chi connectivity index (χ1v) is 10.3. The molecule has 0 bridgehead atoms. The second-order valence-electron chi connectivity index (χ2n) is 7.30. The highest BCUT2D eigenvalue weighted by Crippen LogP contribution is 2.37. The van der Waals surface area contributed by atoms with E-state index < -0.39 is 0 Å². The highest BCUT2D eigenvalue weighted by molar-refractivity contribution is 9.10. The molecule has 140 valence electrons. The molecule has 2 aliphatic rings. The number of aromatic nitrogens is 3. The molecule has 0 spiro atoms. The minimum atomic E-state index is -0.0687. The van der Waals surface area contributed by atoms with E-state index in [2.05, 4.69) is 26.2 Å². The minimum Gasteiger partial charge on any atom is -0.489 e. The van der Waals surface area contributed by atoms with Gasteiger partial charge in [-0.15, -0.1) is 5.10 Å². The van der Waals surface area contributed by atoms with E-state index in [0.717, 1.165) is 59.4 Å². The van der Waals surface area contributed by atoms with Crippen LogP contribution in [0.15, 0.2) is 16.6 Å². The maximum Gasteiger partial charge on any atom is 0.308 e. The number of nitrogens with zero attached hydrogens (tertiary/aromatic N) is 3. The summed E-state index contributed by atoms with van der Waals surface area (Å²) in [6, 6.07) is 4.04. The zero-order chi connectivity index (χ0) is 18.1. The molecule has 4 rings (SSSR count). The van der Waals surface area contributed by atoms with E-state index in [9.17, 15) is 4.79 Å². The van der Waals surface area contributed by atoms with Gasteiger partial charge in [-0.25, -0.2) is 4.68 Å². The Morgan fingerprint density at radius 1 is 1.23 bits per heavy atom. The number of rotatable bonds is 6. The van der Waals surface area contributed by atoms with Gasteiger partial charge >= 0.3 is 5.97 Å². The molecule has 1 aromatic heterocycles. The van der Waals surface area contributed by atoms with E-state index in [0.29, 0.717) is 6.61 Å². The number of fused-ring (bicyclic) bond motifs is 1. The molecule has 6 nitrogen and oxygen atoms in total. The number of halogens is 1. The lowest BCUT2D eigenvalue weighted by molar-refractivity contribution is -0.149. The quantitative estimate of drug-likeness (QED) is 0.656. The third kappa shape index (κ3) is 3.72. The monoisotopic (exact) mass is 421 g/mol. The smallest absolute Gasteiger partial charge is 0.308 e. The molecule has 0 saturated heterocycles. The van der Waals surface area contributed by atoms with Gasteiger partial charge in [-0.05, 0) is 79.4 Å². The average Bonchev–Trinajstić information content (AvgIpc) is 3.37. The average molecular weight is 422 g/mol. The molecule has 0 N–H and O–H groups in total. The van der Waals surface area contributed by atoms with Crippen molar-refractivity contribution in [3.8, 4) is 5.75 Å². The van der Waals surface area contributed by atoms with E-state index in [-0.39, 0.29) is 18.0 Å². The summed E-state index contributed by atoms with van der Waals surface area (Å²) in [5, 5.41) is 8.63. The SMILES string of the molecule is CCOC(=O)C1CCC(Oc2ccc3c(nnn3CC3CC3)c2Br)CC1. The highest BCUT2D eigenvalue weighted by Gasteiger charge is 2.29. The van der Waals surface area contributed by atoms with Crippen LogP contribution in [-0.2, 0) is 16.1 Å². The lowest BCUT2D eigenvalue weighted by Crippen LogP contribution is -2.29. The summed E-state index contributed by atoms with van der Waals surface area (Å²) in [5.41, 5.74) is 1.89. The Bertz CT molecular complexity index is 795. The van der Waals surface area contributed by atoms with Crippen molar-refractivity contribution in [2.45, 2.75) is 58.1 Å². The molecular formula is C19H24BrN3O3. The highest BCUT2D eigenvalue weighted by atomic mass is 79.9. The standard InChI is InChI=1S/C19H24BrN3O3/c1-2-25-19(24)13-5-7-14(8-6-13)26-16-10-9-15-18(17(16)20)21-22-23(15)11-12-3-4-12/h9-10,12-14H,2-8,11H2,1H3.